The van der Waals surface area contributed by atoms with Crippen LogP contribution in [0.4, 0.5) is 13.2 Å². The Kier molecular flexibility index (Phi) is 5.92. The molecular formula is C23H24ClF3N4O. The van der Waals surface area contributed by atoms with Gasteiger partial charge in [0.05, 0.1) is 29.3 Å². The molecular weight excluding hydrogens is 441 g/mol. The number of aryl methyl sites for hydroxylation is 1. The highest BCUT2D eigenvalue weighted by molar-refractivity contribution is 6.30. The van der Waals surface area contributed by atoms with Gasteiger partial charge in [0.25, 0.3) is 0 Å². The first kappa shape index (κ1) is 22.6. The van der Waals surface area contributed by atoms with Gasteiger partial charge in [0.2, 0.25) is 0 Å². The zero-order chi connectivity index (χ0) is 23.2. The highest BCUT2D eigenvalue weighted by Crippen LogP contribution is 2.38. The minimum absolute atomic E-state index is 0.0877. The van der Waals surface area contributed by atoms with Crippen molar-refractivity contribution in [2.45, 2.75) is 64.6 Å². The highest BCUT2D eigenvalue weighted by Gasteiger charge is 2.41. The maximum Gasteiger partial charge on any atom is 0.435 e. The third kappa shape index (κ3) is 4.08. The molecule has 5 nitrogen and oxygen atoms in total. The molecule has 0 bridgehead atoms. The van der Waals surface area contributed by atoms with Crippen LogP contribution >= 0.6 is 11.6 Å². The second kappa shape index (κ2) is 8.39. The van der Waals surface area contributed by atoms with Gasteiger partial charge in [-0.1, -0.05) is 25.4 Å². The molecule has 0 saturated heterocycles. The Bertz CT molecular complexity index is 1150. The smallest absolute Gasteiger partial charge is 0.321 e. The van der Waals surface area contributed by atoms with Crippen LogP contribution in [0.15, 0.2) is 30.5 Å². The van der Waals surface area contributed by atoms with Crippen molar-refractivity contribution in [2.24, 2.45) is 0 Å². The number of nitrogens with zero attached hydrogens (tertiary/aromatic N) is 4. The van der Waals surface area contributed by atoms with E-state index in [1.165, 1.54) is 11.5 Å². The Morgan fingerprint density at radius 1 is 1.25 bits per heavy atom. The molecule has 0 aliphatic carbocycles. The SMILES string of the molecule is Cc1nc(C(F)(F)F)c2n1C(C(=O)Cc1cnn(-c3ccc(Cl)cc3)c1C(C)C)CCC2. The number of hydrogen-bond acceptors (Lipinski definition) is 3. The Hall–Kier alpha value is -2.61. The molecule has 1 aliphatic rings. The fraction of sp³-hybridized carbons (Fsp3) is 0.435. The van der Waals surface area contributed by atoms with Crippen molar-refractivity contribution in [3.8, 4) is 5.69 Å². The van der Waals surface area contributed by atoms with Crippen LogP contribution in [0.1, 0.15) is 67.1 Å². The normalized spacial score (nSPS) is 16.4. The lowest BCUT2D eigenvalue weighted by molar-refractivity contribution is -0.142. The number of aromatic nitrogens is 4. The number of Topliss-reactive ketones (excluding diaryl/α,β-unsaturated/α-hetero) is 1. The van der Waals surface area contributed by atoms with Crippen LogP contribution in [0.25, 0.3) is 5.69 Å². The molecule has 2 aromatic heterocycles. The molecule has 0 saturated carbocycles. The van der Waals surface area contributed by atoms with Gasteiger partial charge >= 0.3 is 6.18 Å². The van der Waals surface area contributed by atoms with Crippen molar-refractivity contribution < 1.29 is 18.0 Å². The van der Waals surface area contributed by atoms with Crippen molar-refractivity contribution in [3.63, 3.8) is 0 Å². The van der Waals surface area contributed by atoms with Gasteiger partial charge in [-0.25, -0.2) is 9.67 Å². The summed E-state index contributed by atoms with van der Waals surface area (Å²) >= 11 is 5.99. The predicted octanol–water partition coefficient (Wildman–Crippen LogP) is 5.86. The Morgan fingerprint density at radius 3 is 2.56 bits per heavy atom. The number of alkyl halides is 3. The lowest BCUT2D eigenvalue weighted by atomic mass is 9.93. The molecule has 0 fully saturated rings. The van der Waals surface area contributed by atoms with Gasteiger partial charge in [-0.15, -0.1) is 0 Å². The van der Waals surface area contributed by atoms with Crippen molar-refractivity contribution in [1.82, 2.24) is 19.3 Å². The molecule has 0 radical (unpaired) electrons. The average molecular weight is 465 g/mol. The molecule has 32 heavy (non-hydrogen) atoms. The highest BCUT2D eigenvalue weighted by atomic mass is 35.5. The van der Waals surface area contributed by atoms with Crippen LogP contribution in [0.3, 0.4) is 0 Å². The van der Waals surface area contributed by atoms with Gasteiger partial charge in [0, 0.05) is 17.0 Å². The maximum atomic E-state index is 13.4. The molecule has 3 aromatic rings. The van der Waals surface area contributed by atoms with Crippen molar-refractivity contribution in [1.29, 1.82) is 0 Å². The van der Waals surface area contributed by atoms with E-state index in [4.69, 9.17) is 11.6 Å². The number of halogens is 4. The van der Waals surface area contributed by atoms with E-state index in [9.17, 15) is 18.0 Å². The second-order valence-corrected chi connectivity index (χ2v) is 8.91. The lowest BCUT2D eigenvalue weighted by Crippen LogP contribution is -2.28. The molecule has 0 amide bonds. The summed E-state index contributed by atoms with van der Waals surface area (Å²) in [6, 6.07) is 6.61. The summed E-state index contributed by atoms with van der Waals surface area (Å²) in [5.74, 6) is 0.189. The molecule has 1 atom stereocenters. The standard InChI is InChI=1S/C23H24ClF3N4O/c1-13(2)21-15(12-28-31(21)17-9-7-16(24)8-10-17)11-20(32)18-5-4-6-19-22(23(25,26)27)29-14(3)30(18)19/h7-10,12-13,18H,4-6,11H2,1-3H3. The molecule has 1 unspecified atom stereocenters. The summed E-state index contributed by atoms with van der Waals surface area (Å²) in [5, 5.41) is 5.10. The summed E-state index contributed by atoms with van der Waals surface area (Å²) < 4.78 is 43.5. The summed E-state index contributed by atoms with van der Waals surface area (Å²) in [6.45, 7) is 5.57. The third-order valence-corrected chi connectivity index (χ3v) is 6.15. The first-order chi connectivity index (χ1) is 15.1. The molecule has 1 aliphatic heterocycles. The van der Waals surface area contributed by atoms with Gasteiger partial charge in [0.1, 0.15) is 5.82 Å². The van der Waals surface area contributed by atoms with Crippen LogP contribution in [0.2, 0.25) is 5.02 Å². The molecule has 0 spiro atoms. The fourth-order valence-electron chi connectivity index (χ4n) is 4.60. The lowest BCUT2D eigenvalue weighted by Gasteiger charge is -2.26. The number of carbonyl (C=O) groups is 1. The number of benzene rings is 1. The predicted molar refractivity (Wildman–Crippen MR) is 115 cm³/mol. The zero-order valence-corrected chi connectivity index (χ0v) is 18.8. The molecule has 4 rings (SSSR count). The van der Waals surface area contributed by atoms with E-state index in [-0.39, 0.29) is 36.1 Å². The molecule has 1 aromatic carbocycles. The summed E-state index contributed by atoms with van der Waals surface area (Å²) in [7, 11) is 0. The second-order valence-electron chi connectivity index (χ2n) is 8.47. The topological polar surface area (TPSA) is 52.7 Å². The van der Waals surface area contributed by atoms with Gasteiger partial charge < -0.3 is 4.57 Å². The van der Waals surface area contributed by atoms with Gasteiger partial charge in [-0.05, 0) is 56.4 Å². The first-order valence-electron chi connectivity index (χ1n) is 10.6. The summed E-state index contributed by atoms with van der Waals surface area (Å²) in [6.07, 6.45) is -1.46. The number of ketones is 1. The molecule has 3 heterocycles. The Labute approximate surface area is 189 Å². The van der Waals surface area contributed by atoms with Gasteiger partial charge in [-0.3, -0.25) is 4.79 Å². The van der Waals surface area contributed by atoms with Crippen LogP contribution in [0.5, 0.6) is 0 Å². The van der Waals surface area contributed by atoms with Crippen molar-refractivity contribution in [2.75, 3.05) is 0 Å². The first-order valence-corrected chi connectivity index (χ1v) is 11.0. The van der Waals surface area contributed by atoms with Gasteiger partial charge in [-0.2, -0.15) is 18.3 Å². The van der Waals surface area contributed by atoms with E-state index in [1.807, 2.05) is 26.0 Å². The third-order valence-electron chi connectivity index (χ3n) is 5.90. The average Bonchev–Trinajstić information content (AvgIpc) is 3.30. The largest absolute Gasteiger partial charge is 0.435 e. The number of imidazole rings is 1. The van der Waals surface area contributed by atoms with Crippen LogP contribution in [-0.2, 0) is 23.8 Å². The minimum Gasteiger partial charge on any atom is -0.321 e. The molecule has 170 valence electrons. The van der Waals surface area contributed by atoms with Crippen LogP contribution in [0, 0.1) is 6.92 Å². The number of carbonyl (C=O) groups excluding carboxylic acids is 1. The maximum absolute atomic E-state index is 13.4. The Balaban J connectivity index is 1.66. The van der Waals surface area contributed by atoms with E-state index in [1.54, 1.807) is 23.0 Å². The minimum atomic E-state index is -4.53. The van der Waals surface area contributed by atoms with Crippen LogP contribution in [-0.4, -0.2) is 25.1 Å². The number of fused-ring (bicyclic) bond motifs is 1. The van der Waals surface area contributed by atoms with E-state index in [0.717, 1.165) is 16.9 Å². The van der Waals surface area contributed by atoms with E-state index in [2.05, 4.69) is 10.1 Å². The molecule has 9 heteroatoms. The van der Waals surface area contributed by atoms with E-state index < -0.39 is 17.9 Å². The molecule has 0 N–H and O–H groups in total. The fourth-order valence-corrected chi connectivity index (χ4v) is 4.73. The van der Waals surface area contributed by atoms with E-state index in [0.29, 0.717) is 17.9 Å². The van der Waals surface area contributed by atoms with Crippen molar-refractivity contribution >= 4 is 17.4 Å². The number of hydrogen-bond donors (Lipinski definition) is 0. The zero-order valence-electron chi connectivity index (χ0n) is 18.1. The summed E-state index contributed by atoms with van der Waals surface area (Å²) in [5.41, 5.74) is 1.75. The summed E-state index contributed by atoms with van der Waals surface area (Å²) in [4.78, 5) is 17.1. The number of rotatable bonds is 5. The monoisotopic (exact) mass is 464 g/mol. The van der Waals surface area contributed by atoms with Crippen molar-refractivity contribution in [3.05, 3.63) is 64.0 Å². The van der Waals surface area contributed by atoms with Gasteiger partial charge in [0.15, 0.2) is 11.5 Å². The Morgan fingerprint density at radius 2 is 1.94 bits per heavy atom. The van der Waals surface area contributed by atoms with Crippen LogP contribution < -0.4 is 0 Å². The van der Waals surface area contributed by atoms with E-state index >= 15 is 0 Å². The quantitative estimate of drug-likeness (QED) is 0.475.